The highest BCUT2D eigenvalue weighted by Gasteiger charge is 2.28. The summed E-state index contributed by atoms with van der Waals surface area (Å²) >= 11 is 5.85. The first-order valence-corrected chi connectivity index (χ1v) is 8.42. The van der Waals surface area contributed by atoms with Gasteiger partial charge in [-0.3, -0.25) is 9.69 Å². The summed E-state index contributed by atoms with van der Waals surface area (Å²) in [6.07, 6.45) is 0. The van der Waals surface area contributed by atoms with E-state index >= 15 is 0 Å². The van der Waals surface area contributed by atoms with Crippen molar-refractivity contribution in [2.45, 2.75) is 6.04 Å². The number of likely N-dealkylation sites (N-methyl/N-ethyl adjacent to an activating group) is 1. The Morgan fingerprint density at radius 1 is 1.12 bits per heavy atom. The van der Waals surface area contributed by atoms with Gasteiger partial charge in [-0.25, -0.2) is 0 Å². The summed E-state index contributed by atoms with van der Waals surface area (Å²) in [5, 5.41) is 0.651. The van der Waals surface area contributed by atoms with E-state index in [1.54, 1.807) is 24.3 Å². The van der Waals surface area contributed by atoms with E-state index in [1.165, 1.54) is 5.56 Å². The lowest BCUT2D eigenvalue weighted by Gasteiger charge is -2.39. The molecule has 24 heavy (non-hydrogen) atoms. The van der Waals surface area contributed by atoms with E-state index in [2.05, 4.69) is 24.1 Å². The number of benzene rings is 2. The average Bonchev–Trinajstić information content (AvgIpc) is 2.62. The molecule has 1 unspecified atom stereocenters. The van der Waals surface area contributed by atoms with Crippen LogP contribution >= 0.6 is 11.6 Å². The zero-order chi connectivity index (χ0) is 16.9. The number of nitrogens with zero attached hydrogens (tertiary/aromatic N) is 2. The maximum absolute atomic E-state index is 12.5. The van der Waals surface area contributed by atoms with Gasteiger partial charge in [-0.1, -0.05) is 41.9 Å². The topological polar surface area (TPSA) is 32.8 Å². The van der Waals surface area contributed by atoms with Gasteiger partial charge in [0.25, 0.3) is 5.91 Å². The number of piperazine rings is 1. The second-order valence-corrected chi connectivity index (χ2v) is 6.43. The van der Waals surface area contributed by atoms with Crippen LogP contribution in [0.4, 0.5) is 0 Å². The molecule has 0 N–H and O–H groups in total. The van der Waals surface area contributed by atoms with E-state index in [4.69, 9.17) is 16.3 Å². The first-order chi connectivity index (χ1) is 11.6. The van der Waals surface area contributed by atoms with Crippen molar-refractivity contribution in [1.82, 2.24) is 9.80 Å². The first kappa shape index (κ1) is 16.8. The van der Waals surface area contributed by atoms with Gasteiger partial charge < -0.3 is 9.64 Å². The Hall–Kier alpha value is -2.04. The van der Waals surface area contributed by atoms with Crippen LogP contribution in [-0.2, 0) is 4.79 Å². The van der Waals surface area contributed by atoms with Crippen LogP contribution in [0.25, 0.3) is 0 Å². The van der Waals surface area contributed by atoms with E-state index in [-0.39, 0.29) is 18.6 Å². The fourth-order valence-electron chi connectivity index (χ4n) is 2.90. The average molecular weight is 345 g/mol. The van der Waals surface area contributed by atoms with Crippen LogP contribution in [0, 0.1) is 0 Å². The third-order valence-corrected chi connectivity index (χ3v) is 4.61. The summed E-state index contributed by atoms with van der Waals surface area (Å²) < 4.78 is 5.58. The Morgan fingerprint density at radius 2 is 1.83 bits per heavy atom. The number of halogens is 1. The minimum atomic E-state index is 0.0129. The Kier molecular flexibility index (Phi) is 5.38. The number of rotatable bonds is 4. The molecule has 2 aromatic rings. The Bertz CT molecular complexity index is 676. The van der Waals surface area contributed by atoms with Crippen molar-refractivity contribution < 1.29 is 9.53 Å². The van der Waals surface area contributed by atoms with Gasteiger partial charge in [-0.05, 0) is 36.9 Å². The van der Waals surface area contributed by atoms with E-state index in [9.17, 15) is 4.79 Å². The van der Waals surface area contributed by atoms with Crippen LogP contribution in [-0.4, -0.2) is 49.0 Å². The molecule has 0 aromatic heterocycles. The van der Waals surface area contributed by atoms with Gasteiger partial charge in [0.2, 0.25) is 0 Å². The van der Waals surface area contributed by atoms with Crippen LogP contribution in [0.1, 0.15) is 11.6 Å². The Labute approximate surface area is 147 Å². The van der Waals surface area contributed by atoms with Crippen LogP contribution in [0.15, 0.2) is 54.6 Å². The molecule has 1 aliphatic heterocycles. The second kappa shape index (κ2) is 7.69. The molecule has 1 fully saturated rings. The number of hydrogen-bond acceptors (Lipinski definition) is 3. The number of ether oxygens (including phenoxy) is 1. The number of amides is 1. The van der Waals surface area contributed by atoms with Crippen molar-refractivity contribution >= 4 is 17.5 Å². The fraction of sp³-hybridized carbons (Fsp3) is 0.316. The van der Waals surface area contributed by atoms with Crippen molar-refractivity contribution in [3.8, 4) is 5.75 Å². The lowest BCUT2D eigenvalue weighted by molar-refractivity contribution is -0.136. The predicted molar refractivity (Wildman–Crippen MR) is 95.3 cm³/mol. The standard InChI is InChI=1S/C19H21ClN2O2/c1-21-11-12-22(13-18(21)15-5-3-2-4-6-15)19(23)14-24-17-9-7-16(20)8-10-17/h2-10,18H,11-14H2,1H3. The minimum absolute atomic E-state index is 0.0129. The molecule has 1 aliphatic rings. The van der Waals surface area contributed by atoms with Crippen molar-refractivity contribution in [1.29, 1.82) is 0 Å². The highest BCUT2D eigenvalue weighted by molar-refractivity contribution is 6.30. The zero-order valence-corrected chi connectivity index (χ0v) is 14.4. The molecule has 1 amide bonds. The van der Waals surface area contributed by atoms with Gasteiger partial charge in [0.1, 0.15) is 5.75 Å². The van der Waals surface area contributed by atoms with Gasteiger partial charge in [0.15, 0.2) is 6.61 Å². The number of carbonyl (C=O) groups excluding carboxylic acids is 1. The summed E-state index contributed by atoms with van der Waals surface area (Å²) in [6.45, 7) is 2.31. The van der Waals surface area contributed by atoms with Gasteiger partial charge >= 0.3 is 0 Å². The smallest absolute Gasteiger partial charge is 0.260 e. The van der Waals surface area contributed by atoms with Gasteiger partial charge in [0.05, 0.1) is 6.04 Å². The summed E-state index contributed by atoms with van der Waals surface area (Å²) in [5.74, 6) is 0.667. The van der Waals surface area contributed by atoms with Crippen LogP contribution in [0.3, 0.4) is 0 Å². The molecule has 0 saturated carbocycles. The summed E-state index contributed by atoms with van der Waals surface area (Å²) in [4.78, 5) is 16.7. The Morgan fingerprint density at radius 3 is 2.54 bits per heavy atom. The lowest BCUT2D eigenvalue weighted by atomic mass is 10.0. The Balaban J connectivity index is 1.59. The van der Waals surface area contributed by atoms with Crippen molar-refractivity contribution in [3.63, 3.8) is 0 Å². The van der Waals surface area contributed by atoms with E-state index < -0.39 is 0 Å². The van der Waals surface area contributed by atoms with Gasteiger partial charge in [0, 0.05) is 24.7 Å². The lowest BCUT2D eigenvalue weighted by Crippen LogP contribution is -2.50. The van der Waals surface area contributed by atoms with Crippen molar-refractivity contribution in [2.75, 3.05) is 33.3 Å². The van der Waals surface area contributed by atoms with Crippen molar-refractivity contribution in [3.05, 3.63) is 65.2 Å². The zero-order valence-electron chi connectivity index (χ0n) is 13.7. The molecule has 2 aromatic carbocycles. The molecule has 4 nitrogen and oxygen atoms in total. The molecule has 126 valence electrons. The molecule has 3 rings (SSSR count). The van der Waals surface area contributed by atoms with E-state index in [0.29, 0.717) is 17.3 Å². The van der Waals surface area contributed by atoms with Gasteiger partial charge in [-0.15, -0.1) is 0 Å². The maximum atomic E-state index is 12.5. The van der Waals surface area contributed by atoms with Crippen LogP contribution < -0.4 is 4.74 Å². The summed E-state index contributed by atoms with van der Waals surface area (Å²) in [5.41, 5.74) is 1.23. The predicted octanol–water partition coefficient (Wildman–Crippen LogP) is 3.23. The first-order valence-electron chi connectivity index (χ1n) is 8.05. The molecule has 0 bridgehead atoms. The molecule has 1 saturated heterocycles. The highest BCUT2D eigenvalue weighted by atomic mass is 35.5. The normalized spacial score (nSPS) is 18.4. The van der Waals surface area contributed by atoms with Crippen molar-refractivity contribution in [2.24, 2.45) is 0 Å². The number of hydrogen-bond donors (Lipinski definition) is 0. The molecule has 5 heteroatoms. The third kappa shape index (κ3) is 4.08. The SMILES string of the molecule is CN1CCN(C(=O)COc2ccc(Cl)cc2)CC1c1ccccc1. The molecule has 0 spiro atoms. The number of carbonyl (C=O) groups is 1. The quantitative estimate of drug-likeness (QED) is 0.853. The largest absolute Gasteiger partial charge is 0.484 e. The molecule has 0 radical (unpaired) electrons. The second-order valence-electron chi connectivity index (χ2n) is 5.99. The summed E-state index contributed by atoms with van der Waals surface area (Å²) in [7, 11) is 2.10. The highest BCUT2D eigenvalue weighted by Crippen LogP contribution is 2.24. The molecular formula is C19H21ClN2O2. The van der Waals surface area contributed by atoms with Crippen LogP contribution in [0.2, 0.25) is 5.02 Å². The summed E-state index contributed by atoms with van der Waals surface area (Å²) in [6, 6.07) is 17.6. The molecular weight excluding hydrogens is 324 g/mol. The maximum Gasteiger partial charge on any atom is 0.260 e. The van der Waals surface area contributed by atoms with E-state index in [0.717, 1.165) is 13.1 Å². The fourth-order valence-corrected chi connectivity index (χ4v) is 3.03. The monoisotopic (exact) mass is 344 g/mol. The van der Waals surface area contributed by atoms with Gasteiger partial charge in [-0.2, -0.15) is 0 Å². The molecule has 1 heterocycles. The van der Waals surface area contributed by atoms with Crippen LogP contribution in [0.5, 0.6) is 5.75 Å². The molecule has 0 aliphatic carbocycles. The minimum Gasteiger partial charge on any atom is -0.484 e. The van der Waals surface area contributed by atoms with E-state index in [1.807, 2.05) is 23.1 Å². The third-order valence-electron chi connectivity index (χ3n) is 4.36. The molecule has 1 atom stereocenters.